The molecular formula is C16H18N4O4. The number of piperidine rings is 1. The second kappa shape index (κ2) is 5.79. The highest BCUT2D eigenvalue weighted by atomic mass is 16.5. The van der Waals surface area contributed by atoms with E-state index >= 15 is 0 Å². The van der Waals surface area contributed by atoms with E-state index in [0.717, 1.165) is 12.1 Å². The molecule has 126 valence electrons. The third-order valence-corrected chi connectivity index (χ3v) is 4.64. The lowest BCUT2D eigenvalue weighted by Crippen LogP contribution is -2.49. The van der Waals surface area contributed by atoms with Gasteiger partial charge in [-0.3, -0.25) is 4.79 Å². The molecule has 0 spiro atoms. The van der Waals surface area contributed by atoms with Gasteiger partial charge in [-0.1, -0.05) is 5.21 Å². The monoisotopic (exact) mass is 330 g/mol. The molecule has 0 aliphatic carbocycles. The third kappa shape index (κ3) is 2.39. The fourth-order valence-electron chi connectivity index (χ4n) is 3.37. The van der Waals surface area contributed by atoms with Gasteiger partial charge in [-0.15, -0.1) is 5.10 Å². The summed E-state index contributed by atoms with van der Waals surface area (Å²) in [5, 5.41) is 18.0. The lowest BCUT2D eigenvalue weighted by atomic mass is 9.99. The summed E-state index contributed by atoms with van der Waals surface area (Å²) in [7, 11) is 1.47. The molecule has 1 aromatic heterocycles. The molecule has 1 fully saturated rings. The molecule has 4 rings (SSSR count). The Bertz CT molecular complexity index is 775. The highest BCUT2D eigenvalue weighted by molar-refractivity contribution is 5.95. The summed E-state index contributed by atoms with van der Waals surface area (Å²) in [6, 6.07) is 4.66. The Morgan fingerprint density at radius 1 is 1.46 bits per heavy atom. The maximum absolute atomic E-state index is 12.8. The maximum atomic E-state index is 12.8. The number of carbonyl (C=O) groups is 1. The van der Waals surface area contributed by atoms with Crippen LogP contribution >= 0.6 is 0 Å². The highest BCUT2D eigenvalue weighted by Crippen LogP contribution is 2.32. The van der Waals surface area contributed by atoms with Crippen molar-refractivity contribution in [1.29, 1.82) is 0 Å². The number of carbonyl (C=O) groups excluding carboxylic acids is 1. The number of phenols is 1. The highest BCUT2D eigenvalue weighted by Gasteiger charge is 2.38. The average molecular weight is 330 g/mol. The van der Waals surface area contributed by atoms with Crippen molar-refractivity contribution in [1.82, 2.24) is 19.9 Å². The van der Waals surface area contributed by atoms with Crippen molar-refractivity contribution in [3.05, 3.63) is 35.7 Å². The minimum atomic E-state index is -0.126. The Morgan fingerprint density at radius 3 is 3.12 bits per heavy atom. The van der Waals surface area contributed by atoms with Gasteiger partial charge < -0.3 is 19.5 Å². The molecule has 0 saturated carbocycles. The van der Waals surface area contributed by atoms with Gasteiger partial charge in [0.2, 0.25) is 0 Å². The summed E-state index contributed by atoms with van der Waals surface area (Å²) >= 11 is 0. The van der Waals surface area contributed by atoms with Crippen LogP contribution in [0.3, 0.4) is 0 Å². The fourth-order valence-corrected chi connectivity index (χ4v) is 3.37. The lowest BCUT2D eigenvalue weighted by Gasteiger charge is -2.41. The molecule has 1 amide bonds. The first-order valence-electron chi connectivity index (χ1n) is 7.84. The lowest BCUT2D eigenvalue weighted by molar-refractivity contribution is -0.0605. The van der Waals surface area contributed by atoms with E-state index in [9.17, 15) is 9.90 Å². The molecule has 0 radical (unpaired) electrons. The zero-order valence-corrected chi connectivity index (χ0v) is 13.3. The van der Waals surface area contributed by atoms with E-state index in [1.165, 1.54) is 13.2 Å². The number of methoxy groups -OCH3 is 1. The number of phenolic OH excluding ortho intramolecular Hbond substituents is 1. The molecule has 1 N–H and O–H groups in total. The van der Waals surface area contributed by atoms with Gasteiger partial charge in [-0.2, -0.15) is 0 Å². The minimum absolute atomic E-state index is 0.0270. The topological polar surface area (TPSA) is 89.7 Å². The summed E-state index contributed by atoms with van der Waals surface area (Å²) in [5.74, 6) is 0.176. The van der Waals surface area contributed by atoms with E-state index in [0.29, 0.717) is 31.0 Å². The third-order valence-electron chi connectivity index (χ3n) is 4.64. The van der Waals surface area contributed by atoms with Crippen molar-refractivity contribution in [3.63, 3.8) is 0 Å². The number of rotatable bonds is 2. The molecule has 1 aromatic carbocycles. The van der Waals surface area contributed by atoms with E-state index < -0.39 is 0 Å². The molecule has 1 saturated heterocycles. The summed E-state index contributed by atoms with van der Waals surface area (Å²) in [4.78, 5) is 14.5. The van der Waals surface area contributed by atoms with E-state index in [2.05, 4.69) is 10.3 Å². The van der Waals surface area contributed by atoms with E-state index in [4.69, 9.17) is 9.47 Å². The largest absolute Gasteiger partial charge is 0.504 e. The minimum Gasteiger partial charge on any atom is -0.504 e. The van der Waals surface area contributed by atoms with Gasteiger partial charge >= 0.3 is 0 Å². The molecule has 8 nitrogen and oxygen atoms in total. The van der Waals surface area contributed by atoms with Crippen LogP contribution in [0.4, 0.5) is 0 Å². The van der Waals surface area contributed by atoms with Crippen LogP contribution in [0.25, 0.3) is 0 Å². The van der Waals surface area contributed by atoms with E-state index in [1.54, 1.807) is 23.2 Å². The Morgan fingerprint density at radius 2 is 2.33 bits per heavy atom. The smallest absolute Gasteiger partial charge is 0.254 e. The molecular weight excluding hydrogens is 312 g/mol. The van der Waals surface area contributed by atoms with Crippen molar-refractivity contribution in [2.45, 2.75) is 25.2 Å². The predicted molar refractivity (Wildman–Crippen MR) is 82.8 cm³/mol. The van der Waals surface area contributed by atoms with Gasteiger partial charge in [0, 0.05) is 18.7 Å². The average Bonchev–Trinajstić information content (AvgIpc) is 3.09. The number of aromatic nitrogens is 3. The SMILES string of the molecule is COc1ccc(C(=O)N2CCC3OCc4cnnn4C3C2)cc1O. The number of fused-ring (bicyclic) bond motifs is 3. The Hall–Kier alpha value is -2.61. The van der Waals surface area contributed by atoms with Crippen LogP contribution in [0.5, 0.6) is 11.5 Å². The quantitative estimate of drug-likeness (QED) is 0.883. The molecule has 0 bridgehead atoms. The van der Waals surface area contributed by atoms with Gasteiger partial charge in [-0.25, -0.2) is 4.68 Å². The van der Waals surface area contributed by atoms with Crippen LogP contribution in [0, 0.1) is 0 Å². The van der Waals surface area contributed by atoms with Crippen LogP contribution in [0.15, 0.2) is 24.4 Å². The Balaban J connectivity index is 1.56. The Kier molecular flexibility index (Phi) is 3.61. The molecule has 2 aliphatic heterocycles. The Labute approximate surface area is 138 Å². The molecule has 2 atom stereocenters. The first-order valence-corrected chi connectivity index (χ1v) is 7.84. The van der Waals surface area contributed by atoms with Gasteiger partial charge in [0.25, 0.3) is 5.91 Å². The summed E-state index contributed by atoms with van der Waals surface area (Å²) in [6.45, 7) is 1.62. The number of nitrogens with zero attached hydrogens (tertiary/aromatic N) is 4. The standard InChI is InChI=1S/C16H18N4O4/c1-23-15-3-2-10(6-13(15)21)16(22)19-5-4-14-12(8-19)20-11(9-24-14)7-17-18-20/h2-3,6-7,12,14,21H,4-5,8-9H2,1H3. The maximum Gasteiger partial charge on any atom is 0.254 e. The zero-order valence-electron chi connectivity index (χ0n) is 13.3. The van der Waals surface area contributed by atoms with Crippen molar-refractivity contribution < 1.29 is 19.4 Å². The van der Waals surface area contributed by atoms with Crippen molar-refractivity contribution in [2.75, 3.05) is 20.2 Å². The molecule has 24 heavy (non-hydrogen) atoms. The van der Waals surface area contributed by atoms with Gasteiger partial charge in [0.1, 0.15) is 0 Å². The number of likely N-dealkylation sites (tertiary alicyclic amines) is 1. The van der Waals surface area contributed by atoms with Crippen LogP contribution < -0.4 is 4.74 Å². The predicted octanol–water partition coefficient (Wildman–Crippen LogP) is 0.978. The fraction of sp³-hybridized carbons (Fsp3) is 0.438. The van der Waals surface area contributed by atoms with E-state index in [-0.39, 0.29) is 23.8 Å². The van der Waals surface area contributed by atoms with Crippen LogP contribution in [-0.4, -0.2) is 57.2 Å². The second-order valence-electron chi connectivity index (χ2n) is 6.01. The number of hydrogen-bond donors (Lipinski definition) is 1. The first-order chi connectivity index (χ1) is 11.7. The second-order valence-corrected chi connectivity index (χ2v) is 6.01. The zero-order chi connectivity index (χ0) is 16.7. The summed E-state index contributed by atoms with van der Waals surface area (Å²) in [6.07, 6.45) is 2.49. The van der Waals surface area contributed by atoms with Gasteiger partial charge in [0.05, 0.1) is 37.8 Å². The normalized spacial score (nSPS) is 22.6. The van der Waals surface area contributed by atoms with Crippen LogP contribution in [0.1, 0.15) is 28.5 Å². The van der Waals surface area contributed by atoms with Crippen molar-refractivity contribution in [3.8, 4) is 11.5 Å². The first kappa shape index (κ1) is 14.9. The van der Waals surface area contributed by atoms with Crippen LogP contribution in [0.2, 0.25) is 0 Å². The molecule has 3 heterocycles. The van der Waals surface area contributed by atoms with Crippen molar-refractivity contribution >= 4 is 5.91 Å². The number of amides is 1. The van der Waals surface area contributed by atoms with Crippen LogP contribution in [-0.2, 0) is 11.3 Å². The molecule has 2 unspecified atom stereocenters. The molecule has 8 heteroatoms. The van der Waals surface area contributed by atoms with Crippen molar-refractivity contribution in [2.24, 2.45) is 0 Å². The number of aromatic hydroxyl groups is 1. The summed E-state index contributed by atoms with van der Waals surface area (Å²) < 4.78 is 12.7. The summed E-state index contributed by atoms with van der Waals surface area (Å²) in [5.41, 5.74) is 1.36. The van der Waals surface area contributed by atoms with E-state index in [1.807, 2.05) is 4.68 Å². The number of ether oxygens (including phenoxy) is 2. The molecule has 2 aromatic rings. The van der Waals surface area contributed by atoms with Gasteiger partial charge in [0.15, 0.2) is 11.5 Å². The van der Waals surface area contributed by atoms with Gasteiger partial charge in [-0.05, 0) is 24.6 Å². The molecule has 2 aliphatic rings. The number of hydrogen-bond acceptors (Lipinski definition) is 6. The number of benzene rings is 1.